The minimum Gasteiger partial charge on any atom is -0.493 e. The molecule has 2 fully saturated rings. The Morgan fingerprint density at radius 2 is 1.89 bits per heavy atom. The van der Waals surface area contributed by atoms with Gasteiger partial charge in [-0.05, 0) is 43.5 Å². The molecule has 2 amide bonds. The molecular weight excluding hydrogens is 498 g/mol. The SMILES string of the molecule is CCOc1ccc(/C=C2/SC3C=CC(C(=O)N4CCN(C5CCCCC5)CC4)=CC3=[N+](C)C2=O)cc1OC. The van der Waals surface area contributed by atoms with Crippen molar-refractivity contribution in [3.63, 3.8) is 0 Å². The number of benzene rings is 1. The van der Waals surface area contributed by atoms with Crippen LogP contribution in [0.1, 0.15) is 44.6 Å². The van der Waals surface area contributed by atoms with Crippen molar-refractivity contribution in [2.45, 2.75) is 50.3 Å². The van der Waals surface area contributed by atoms with Crippen LogP contribution in [0.3, 0.4) is 0 Å². The average molecular weight is 537 g/mol. The monoisotopic (exact) mass is 536 g/mol. The zero-order chi connectivity index (χ0) is 26.6. The minimum atomic E-state index is -0.0754. The second-order valence-electron chi connectivity index (χ2n) is 10.3. The van der Waals surface area contributed by atoms with E-state index in [2.05, 4.69) is 4.90 Å². The van der Waals surface area contributed by atoms with Gasteiger partial charge in [0, 0.05) is 43.9 Å². The van der Waals surface area contributed by atoms with Crippen molar-refractivity contribution in [3.05, 3.63) is 52.5 Å². The van der Waals surface area contributed by atoms with Gasteiger partial charge in [0.1, 0.15) is 17.2 Å². The van der Waals surface area contributed by atoms with E-state index in [1.807, 2.05) is 54.3 Å². The molecule has 4 aliphatic rings. The molecule has 202 valence electrons. The number of allylic oxidation sites excluding steroid dienone is 1. The van der Waals surface area contributed by atoms with Crippen LogP contribution in [0.4, 0.5) is 0 Å². The minimum absolute atomic E-state index is 0.0201. The van der Waals surface area contributed by atoms with Crippen molar-refractivity contribution >= 4 is 35.4 Å². The van der Waals surface area contributed by atoms with E-state index in [0.717, 1.165) is 37.5 Å². The molecule has 0 spiro atoms. The van der Waals surface area contributed by atoms with Crippen LogP contribution >= 0.6 is 11.8 Å². The molecule has 0 radical (unpaired) electrons. The number of rotatable bonds is 6. The standard InChI is InChI=1S/C30H38N3O4S/c1-4-37-25-12-10-21(18-26(25)36-3)19-28-30(35)31(2)24-20-22(11-13-27(24)38-28)29(34)33-16-14-32(15-17-33)23-8-6-5-7-9-23/h10-13,18-20,23,27H,4-9,14-17H2,1-3H3/q+1/b28-19+. The molecule has 38 heavy (non-hydrogen) atoms. The van der Waals surface area contributed by atoms with Crippen LogP contribution in [0.2, 0.25) is 0 Å². The number of likely N-dealkylation sites (N-methyl/N-ethyl adjacent to an activating group) is 1. The predicted molar refractivity (Wildman–Crippen MR) is 152 cm³/mol. The summed E-state index contributed by atoms with van der Waals surface area (Å²) in [6, 6.07) is 6.36. The van der Waals surface area contributed by atoms with Crippen LogP contribution in [-0.4, -0.2) is 90.1 Å². The molecule has 1 saturated heterocycles. The Morgan fingerprint density at radius 1 is 1.13 bits per heavy atom. The number of piperazine rings is 1. The summed E-state index contributed by atoms with van der Waals surface area (Å²) in [5, 5.41) is -0.0201. The summed E-state index contributed by atoms with van der Waals surface area (Å²) in [5.74, 6) is 1.30. The summed E-state index contributed by atoms with van der Waals surface area (Å²) >= 11 is 1.51. The molecule has 1 unspecified atom stereocenters. The van der Waals surface area contributed by atoms with Gasteiger partial charge in [0.25, 0.3) is 5.91 Å². The maximum absolute atomic E-state index is 13.4. The van der Waals surface area contributed by atoms with E-state index in [4.69, 9.17) is 9.47 Å². The highest BCUT2D eigenvalue weighted by atomic mass is 32.2. The van der Waals surface area contributed by atoms with Gasteiger partial charge in [0.05, 0.1) is 13.7 Å². The number of carbonyl (C=O) groups excluding carboxylic acids is 2. The van der Waals surface area contributed by atoms with Gasteiger partial charge in [-0.15, -0.1) is 0 Å². The lowest BCUT2D eigenvalue weighted by Crippen LogP contribution is -2.52. The zero-order valence-corrected chi connectivity index (χ0v) is 23.5. The number of amides is 2. The largest absolute Gasteiger partial charge is 0.493 e. The van der Waals surface area contributed by atoms with Gasteiger partial charge >= 0.3 is 5.91 Å². The first-order valence-corrected chi connectivity index (χ1v) is 14.6. The fourth-order valence-corrected chi connectivity index (χ4v) is 7.00. The molecule has 1 aromatic rings. The fraction of sp³-hybridized carbons (Fsp3) is 0.500. The van der Waals surface area contributed by atoms with E-state index < -0.39 is 0 Å². The highest BCUT2D eigenvalue weighted by Crippen LogP contribution is 2.35. The van der Waals surface area contributed by atoms with Crippen molar-refractivity contribution < 1.29 is 23.6 Å². The van der Waals surface area contributed by atoms with Crippen molar-refractivity contribution in [1.29, 1.82) is 0 Å². The van der Waals surface area contributed by atoms with E-state index in [9.17, 15) is 9.59 Å². The molecule has 1 saturated carbocycles. The van der Waals surface area contributed by atoms with Gasteiger partial charge in [0.15, 0.2) is 11.5 Å². The lowest BCUT2D eigenvalue weighted by atomic mass is 9.93. The second kappa shape index (κ2) is 11.9. The van der Waals surface area contributed by atoms with Crippen molar-refractivity contribution in [1.82, 2.24) is 9.80 Å². The van der Waals surface area contributed by atoms with Gasteiger partial charge < -0.3 is 14.4 Å². The van der Waals surface area contributed by atoms with Gasteiger partial charge in [-0.25, -0.2) is 4.79 Å². The number of nitrogens with zero attached hydrogens (tertiary/aromatic N) is 3. The Hall–Kier alpha value is -2.84. The molecule has 8 heteroatoms. The lowest BCUT2D eigenvalue weighted by Gasteiger charge is -2.41. The highest BCUT2D eigenvalue weighted by Gasteiger charge is 2.38. The van der Waals surface area contributed by atoms with E-state index in [1.165, 1.54) is 43.9 Å². The van der Waals surface area contributed by atoms with Crippen molar-refractivity contribution in [2.75, 3.05) is 46.9 Å². The quantitative estimate of drug-likeness (QED) is 0.403. The Bertz CT molecular complexity index is 1200. The first-order valence-electron chi connectivity index (χ1n) is 13.8. The van der Waals surface area contributed by atoms with E-state index in [-0.39, 0.29) is 17.1 Å². The molecule has 1 atom stereocenters. The number of methoxy groups -OCH3 is 1. The first-order chi connectivity index (χ1) is 18.5. The summed E-state index contributed by atoms with van der Waals surface area (Å²) in [7, 11) is 3.40. The smallest absolute Gasteiger partial charge is 0.425 e. The molecule has 0 aromatic heterocycles. The third-order valence-electron chi connectivity index (χ3n) is 7.93. The van der Waals surface area contributed by atoms with Crippen LogP contribution in [0, 0.1) is 0 Å². The number of fused-ring (bicyclic) bond motifs is 1. The van der Waals surface area contributed by atoms with Crippen molar-refractivity contribution in [3.8, 4) is 11.5 Å². The number of ether oxygens (including phenoxy) is 2. The van der Waals surface area contributed by atoms with Gasteiger partial charge in [-0.3, -0.25) is 9.69 Å². The number of carbonyl (C=O) groups is 2. The van der Waals surface area contributed by atoms with Crippen molar-refractivity contribution in [2.24, 2.45) is 0 Å². The Labute approximate surface area is 229 Å². The van der Waals surface area contributed by atoms with Crippen LogP contribution in [0.15, 0.2) is 46.9 Å². The topological polar surface area (TPSA) is 62.1 Å². The van der Waals surface area contributed by atoms with Gasteiger partial charge in [-0.1, -0.05) is 49.2 Å². The van der Waals surface area contributed by atoms with Gasteiger partial charge in [-0.2, -0.15) is 4.58 Å². The van der Waals surface area contributed by atoms with E-state index in [1.54, 1.807) is 18.7 Å². The highest BCUT2D eigenvalue weighted by molar-refractivity contribution is 8.05. The summed E-state index contributed by atoms with van der Waals surface area (Å²) in [4.78, 5) is 31.9. The normalized spacial score (nSPS) is 23.9. The molecule has 0 bridgehead atoms. The number of thioether (sulfide) groups is 1. The molecule has 1 aromatic carbocycles. The Kier molecular flexibility index (Phi) is 8.39. The lowest BCUT2D eigenvalue weighted by molar-refractivity contribution is -0.413. The molecule has 7 nitrogen and oxygen atoms in total. The van der Waals surface area contributed by atoms with E-state index >= 15 is 0 Å². The number of hydrogen-bond acceptors (Lipinski definition) is 6. The molecule has 2 aliphatic carbocycles. The van der Waals surface area contributed by atoms with E-state index in [0.29, 0.717) is 34.6 Å². The zero-order valence-electron chi connectivity index (χ0n) is 22.7. The summed E-state index contributed by atoms with van der Waals surface area (Å²) in [6.45, 7) is 5.91. The molecule has 2 aliphatic heterocycles. The fourth-order valence-electron chi connectivity index (χ4n) is 5.78. The van der Waals surface area contributed by atoms with Crippen LogP contribution < -0.4 is 9.47 Å². The molecule has 0 N–H and O–H groups in total. The summed E-state index contributed by atoms with van der Waals surface area (Å²) in [5.41, 5.74) is 2.39. The molecule has 2 heterocycles. The van der Waals surface area contributed by atoms with Crippen LogP contribution in [-0.2, 0) is 9.59 Å². The molecule has 5 rings (SSSR count). The Morgan fingerprint density at radius 3 is 2.61 bits per heavy atom. The Balaban J connectivity index is 1.28. The van der Waals surface area contributed by atoms with Crippen LogP contribution in [0.5, 0.6) is 11.5 Å². The summed E-state index contributed by atoms with van der Waals surface area (Å²) in [6.07, 6.45) is 14.4. The second-order valence-corrected chi connectivity index (χ2v) is 11.4. The average Bonchev–Trinajstić information content (AvgIpc) is 2.96. The maximum Gasteiger partial charge on any atom is 0.425 e. The first kappa shape index (κ1) is 26.8. The van der Waals surface area contributed by atoms with Crippen LogP contribution in [0.25, 0.3) is 6.08 Å². The predicted octanol–water partition coefficient (Wildman–Crippen LogP) is 4.13. The number of hydrogen-bond donors (Lipinski definition) is 0. The summed E-state index contributed by atoms with van der Waals surface area (Å²) < 4.78 is 12.8. The maximum atomic E-state index is 13.4. The third-order valence-corrected chi connectivity index (χ3v) is 9.13. The molecular formula is C30H38N3O4S+. The van der Waals surface area contributed by atoms with Gasteiger partial charge in [0.2, 0.25) is 5.71 Å². The third kappa shape index (κ3) is 5.61.